The van der Waals surface area contributed by atoms with Crippen molar-refractivity contribution in [2.45, 2.75) is 24.7 Å². The average molecular weight is 378 g/mol. The Bertz CT molecular complexity index is 779. The lowest BCUT2D eigenvalue weighted by Crippen LogP contribution is -2.50. The van der Waals surface area contributed by atoms with E-state index in [9.17, 15) is 4.39 Å². The first-order chi connectivity index (χ1) is 12.6. The van der Waals surface area contributed by atoms with Gasteiger partial charge in [-0.25, -0.2) is 4.39 Å². The summed E-state index contributed by atoms with van der Waals surface area (Å²) in [5.74, 6) is 0.511. The first-order valence-electron chi connectivity index (χ1n) is 8.68. The van der Waals surface area contributed by atoms with Crippen LogP contribution >= 0.6 is 11.6 Å². The standard InChI is InChI=1S/C20H21ClFNO3/c1-24-16-5-2-14(3-6-16)12-25-19-11-23(9-8-20(19)13-26-20)18-7-4-15(21)10-17(18)22/h2-7,10,19H,8-9,11-13H2,1H3/t19-,20+/m0/s1. The van der Waals surface area contributed by atoms with Crippen molar-refractivity contribution in [3.63, 3.8) is 0 Å². The van der Waals surface area contributed by atoms with E-state index in [1.807, 2.05) is 29.2 Å². The van der Waals surface area contributed by atoms with Gasteiger partial charge >= 0.3 is 0 Å². The van der Waals surface area contributed by atoms with Crippen molar-refractivity contribution in [1.29, 1.82) is 0 Å². The Kier molecular flexibility index (Phi) is 4.78. The molecule has 4 nitrogen and oxygen atoms in total. The molecule has 0 N–H and O–H groups in total. The minimum absolute atomic E-state index is 0.103. The molecule has 2 aromatic carbocycles. The number of hydrogen-bond donors (Lipinski definition) is 0. The second-order valence-corrected chi connectivity index (χ2v) is 7.23. The van der Waals surface area contributed by atoms with Crippen LogP contribution in [0.2, 0.25) is 5.02 Å². The van der Waals surface area contributed by atoms with Crippen LogP contribution in [0, 0.1) is 5.82 Å². The first kappa shape index (κ1) is 17.6. The molecule has 0 aromatic heterocycles. The van der Waals surface area contributed by atoms with E-state index >= 15 is 0 Å². The number of rotatable bonds is 5. The monoisotopic (exact) mass is 377 g/mol. The van der Waals surface area contributed by atoms with E-state index in [0.29, 0.717) is 30.5 Å². The zero-order valence-electron chi connectivity index (χ0n) is 14.6. The lowest BCUT2D eigenvalue weighted by atomic mass is 9.94. The van der Waals surface area contributed by atoms with Gasteiger partial charge in [0.25, 0.3) is 0 Å². The van der Waals surface area contributed by atoms with Crippen LogP contribution in [0.5, 0.6) is 5.75 Å². The fourth-order valence-corrected chi connectivity index (χ4v) is 3.60. The van der Waals surface area contributed by atoms with Crippen LogP contribution < -0.4 is 9.64 Å². The molecule has 2 saturated heterocycles. The summed E-state index contributed by atoms with van der Waals surface area (Å²) < 4.78 is 31.4. The number of epoxide rings is 1. The van der Waals surface area contributed by atoms with Crippen molar-refractivity contribution in [3.8, 4) is 5.75 Å². The van der Waals surface area contributed by atoms with Gasteiger partial charge in [0.1, 0.15) is 23.3 Å². The van der Waals surface area contributed by atoms with Crippen LogP contribution in [0.4, 0.5) is 10.1 Å². The van der Waals surface area contributed by atoms with E-state index in [-0.39, 0.29) is 17.5 Å². The molecule has 4 rings (SSSR count). The van der Waals surface area contributed by atoms with Gasteiger partial charge in [-0.1, -0.05) is 23.7 Å². The highest BCUT2D eigenvalue weighted by molar-refractivity contribution is 6.30. The van der Waals surface area contributed by atoms with Crippen molar-refractivity contribution in [1.82, 2.24) is 0 Å². The van der Waals surface area contributed by atoms with Gasteiger partial charge in [-0.15, -0.1) is 0 Å². The third kappa shape index (κ3) is 3.52. The number of nitrogens with zero attached hydrogens (tertiary/aromatic N) is 1. The maximum atomic E-state index is 14.3. The molecule has 138 valence electrons. The Morgan fingerprint density at radius 3 is 2.69 bits per heavy atom. The summed E-state index contributed by atoms with van der Waals surface area (Å²) in [7, 11) is 1.65. The highest BCUT2D eigenvalue weighted by atomic mass is 35.5. The minimum Gasteiger partial charge on any atom is -0.497 e. The molecule has 0 aliphatic carbocycles. The molecule has 2 aliphatic heterocycles. The molecule has 26 heavy (non-hydrogen) atoms. The third-order valence-electron chi connectivity index (χ3n) is 5.15. The summed E-state index contributed by atoms with van der Waals surface area (Å²) >= 11 is 5.87. The molecule has 0 unspecified atom stereocenters. The highest BCUT2D eigenvalue weighted by Gasteiger charge is 2.55. The molecule has 2 heterocycles. The molecule has 0 bridgehead atoms. The zero-order chi connectivity index (χ0) is 18.1. The van der Waals surface area contributed by atoms with E-state index in [0.717, 1.165) is 24.3 Å². The van der Waals surface area contributed by atoms with Gasteiger partial charge in [-0.2, -0.15) is 0 Å². The summed E-state index contributed by atoms with van der Waals surface area (Å²) in [6.45, 7) is 2.52. The molecule has 1 spiro atoms. The van der Waals surface area contributed by atoms with Crippen LogP contribution in [-0.2, 0) is 16.1 Å². The molecule has 0 saturated carbocycles. The van der Waals surface area contributed by atoms with E-state index in [1.165, 1.54) is 6.07 Å². The van der Waals surface area contributed by atoms with Crippen molar-refractivity contribution in [3.05, 3.63) is 58.9 Å². The van der Waals surface area contributed by atoms with Crippen molar-refractivity contribution in [2.24, 2.45) is 0 Å². The Hall–Kier alpha value is -1.82. The van der Waals surface area contributed by atoms with Crippen molar-refractivity contribution < 1.29 is 18.6 Å². The third-order valence-corrected chi connectivity index (χ3v) is 5.39. The second-order valence-electron chi connectivity index (χ2n) is 6.79. The van der Waals surface area contributed by atoms with E-state index in [4.69, 9.17) is 25.8 Å². The number of methoxy groups -OCH3 is 1. The van der Waals surface area contributed by atoms with Crippen molar-refractivity contribution in [2.75, 3.05) is 31.7 Å². The number of halogens is 2. The van der Waals surface area contributed by atoms with Gasteiger partial charge in [0.2, 0.25) is 0 Å². The summed E-state index contributed by atoms with van der Waals surface area (Å²) in [5, 5.41) is 0.401. The average Bonchev–Trinajstić information content (AvgIpc) is 3.42. The van der Waals surface area contributed by atoms with E-state index in [1.54, 1.807) is 19.2 Å². The Balaban J connectivity index is 1.45. The van der Waals surface area contributed by atoms with Gasteiger partial charge in [-0.05, 0) is 42.3 Å². The zero-order valence-corrected chi connectivity index (χ0v) is 15.3. The number of anilines is 1. The molecule has 2 fully saturated rings. The first-order valence-corrected chi connectivity index (χ1v) is 9.06. The SMILES string of the molecule is COc1ccc(CO[C@H]2CN(c3ccc(Cl)cc3F)CC[C@@]23CO3)cc1. The van der Waals surface area contributed by atoms with Gasteiger partial charge in [0.15, 0.2) is 0 Å². The molecule has 2 atom stereocenters. The van der Waals surface area contributed by atoms with Crippen LogP contribution in [-0.4, -0.2) is 38.5 Å². The highest BCUT2D eigenvalue weighted by Crippen LogP contribution is 2.41. The van der Waals surface area contributed by atoms with Gasteiger partial charge < -0.3 is 19.1 Å². The molecule has 0 amide bonds. The lowest BCUT2D eigenvalue weighted by molar-refractivity contribution is -0.0212. The molecule has 6 heteroatoms. The van der Waals surface area contributed by atoms with E-state index < -0.39 is 0 Å². The number of benzene rings is 2. The fourth-order valence-electron chi connectivity index (χ4n) is 3.45. The predicted molar refractivity (Wildman–Crippen MR) is 98.5 cm³/mol. The predicted octanol–water partition coefficient (Wildman–Crippen LogP) is 4.05. The number of piperidine rings is 1. The van der Waals surface area contributed by atoms with Crippen LogP contribution in [0.3, 0.4) is 0 Å². The Labute approximate surface area is 157 Å². The summed E-state index contributed by atoms with van der Waals surface area (Å²) in [6, 6.07) is 12.6. The number of hydrogen-bond acceptors (Lipinski definition) is 4. The summed E-state index contributed by atoms with van der Waals surface area (Å²) in [6.07, 6.45) is 0.718. The maximum Gasteiger partial charge on any atom is 0.147 e. The summed E-state index contributed by atoms with van der Waals surface area (Å²) in [4.78, 5) is 2.01. The second kappa shape index (κ2) is 7.06. The van der Waals surface area contributed by atoms with Crippen LogP contribution in [0.1, 0.15) is 12.0 Å². The Morgan fingerprint density at radius 2 is 2.04 bits per heavy atom. The summed E-state index contributed by atoms with van der Waals surface area (Å²) in [5.41, 5.74) is 1.41. The molecule has 2 aromatic rings. The lowest BCUT2D eigenvalue weighted by Gasteiger charge is -2.38. The van der Waals surface area contributed by atoms with Crippen LogP contribution in [0.25, 0.3) is 0 Å². The smallest absolute Gasteiger partial charge is 0.147 e. The van der Waals surface area contributed by atoms with Gasteiger partial charge in [-0.3, -0.25) is 0 Å². The number of ether oxygens (including phenoxy) is 3. The quantitative estimate of drug-likeness (QED) is 0.736. The normalized spacial score (nSPS) is 24.7. The molecular weight excluding hydrogens is 357 g/mol. The molecule has 0 radical (unpaired) electrons. The molecule has 2 aliphatic rings. The van der Waals surface area contributed by atoms with Crippen molar-refractivity contribution >= 4 is 17.3 Å². The van der Waals surface area contributed by atoms with Crippen LogP contribution in [0.15, 0.2) is 42.5 Å². The fraction of sp³-hybridized carbons (Fsp3) is 0.400. The molecular formula is C20H21ClFNO3. The Morgan fingerprint density at radius 1 is 1.27 bits per heavy atom. The topological polar surface area (TPSA) is 34.2 Å². The van der Waals surface area contributed by atoms with Gasteiger partial charge in [0, 0.05) is 18.1 Å². The van der Waals surface area contributed by atoms with Gasteiger partial charge in [0.05, 0.1) is 26.0 Å². The maximum absolute atomic E-state index is 14.3. The largest absolute Gasteiger partial charge is 0.497 e. The minimum atomic E-state index is -0.306. The van der Waals surface area contributed by atoms with E-state index in [2.05, 4.69) is 0 Å².